The molecule has 0 saturated carbocycles. The number of benzene rings is 1. The van der Waals surface area contributed by atoms with Crippen molar-refractivity contribution >= 4 is 22.4 Å². The van der Waals surface area contributed by atoms with Crippen LogP contribution in [0, 0.1) is 5.82 Å². The van der Waals surface area contributed by atoms with Crippen molar-refractivity contribution in [2.75, 3.05) is 6.54 Å². The monoisotopic (exact) mass is 308 g/mol. The van der Waals surface area contributed by atoms with Gasteiger partial charge < -0.3 is 5.32 Å². The van der Waals surface area contributed by atoms with Crippen molar-refractivity contribution in [3.8, 4) is 0 Å². The highest BCUT2D eigenvalue weighted by Gasteiger charge is 2.26. The van der Waals surface area contributed by atoms with E-state index < -0.39 is 15.8 Å². The predicted octanol–water partition coefficient (Wildman–Crippen LogP) is 1.67. The second kappa shape index (κ2) is 6.65. The number of hydrogen-bond acceptors (Lipinski definition) is 3. The van der Waals surface area contributed by atoms with Gasteiger partial charge in [-0.3, -0.25) is 0 Å². The summed E-state index contributed by atoms with van der Waals surface area (Å²) in [6.45, 7) is 2.87. The van der Waals surface area contributed by atoms with Crippen molar-refractivity contribution in [3.05, 3.63) is 30.1 Å². The molecule has 1 heterocycles. The van der Waals surface area contributed by atoms with E-state index in [9.17, 15) is 12.8 Å². The Balaban J connectivity index is 0.00000180. The zero-order valence-electron chi connectivity index (χ0n) is 10.6. The van der Waals surface area contributed by atoms with Gasteiger partial charge in [0.15, 0.2) is 0 Å². The summed E-state index contributed by atoms with van der Waals surface area (Å²) in [4.78, 5) is 0.0988. The van der Waals surface area contributed by atoms with Crippen molar-refractivity contribution < 1.29 is 12.8 Å². The molecule has 108 valence electrons. The van der Waals surface area contributed by atoms with Crippen LogP contribution in [-0.2, 0) is 10.0 Å². The van der Waals surface area contributed by atoms with E-state index in [1.165, 1.54) is 12.1 Å². The minimum atomic E-state index is -3.57. The summed E-state index contributed by atoms with van der Waals surface area (Å²) in [5.41, 5.74) is 0. The third-order valence-electron chi connectivity index (χ3n) is 3.19. The third-order valence-corrected chi connectivity index (χ3v) is 4.70. The van der Waals surface area contributed by atoms with Crippen LogP contribution >= 0.6 is 12.4 Å². The molecule has 1 aliphatic heterocycles. The fraction of sp³-hybridized carbons (Fsp3) is 0.500. The zero-order valence-corrected chi connectivity index (χ0v) is 12.2. The first-order valence-corrected chi connectivity index (χ1v) is 7.48. The van der Waals surface area contributed by atoms with Gasteiger partial charge in [-0.2, -0.15) is 0 Å². The molecular weight excluding hydrogens is 291 g/mol. The second-order valence-corrected chi connectivity index (χ2v) is 6.28. The lowest BCUT2D eigenvalue weighted by atomic mass is 10.0. The number of piperidine rings is 1. The Bertz CT molecular complexity index is 507. The Morgan fingerprint density at radius 3 is 2.53 bits per heavy atom. The van der Waals surface area contributed by atoms with E-state index in [2.05, 4.69) is 10.0 Å². The molecule has 2 unspecified atom stereocenters. The van der Waals surface area contributed by atoms with Crippen LogP contribution < -0.4 is 10.0 Å². The van der Waals surface area contributed by atoms with E-state index in [0.29, 0.717) is 0 Å². The lowest BCUT2D eigenvalue weighted by Crippen LogP contribution is -2.51. The lowest BCUT2D eigenvalue weighted by molar-refractivity contribution is 0.349. The van der Waals surface area contributed by atoms with Crippen molar-refractivity contribution in [1.29, 1.82) is 0 Å². The standard InChI is InChI=1S/C12H17FN2O2S.ClH/c1-9-12(3-2-8-14-9)15-18(16,17)11-6-4-10(13)5-7-11;/h4-7,9,12,14-15H,2-3,8H2,1H3;1H. The van der Waals surface area contributed by atoms with Gasteiger partial charge in [0.05, 0.1) is 4.90 Å². The van der Waals surface area contributed by atoms with E-state index in [4.69, 9.17) is 0 Å². The number of halogens is 2. The molecule has 0 radical (unpaired) electrons. The van der Waals surface area contributed by atoms with Gasteiger partial charge in [0, 0.05) is 12.1 Å². The molecule has 1 fully saturated rings. The molecule has 2 atom stereocenters. The molecule has 1 saturated heterocycles. The summed E-state index contributed by atoms with van der Waals surface area (Å²) in [6.07, 6.45) is 1.76. The molecule has 1 aromatic rings. The molecule has 4 nitrogen and oxygen atoms in total. The summed E-state index contributed by atoms with van der Waals surface area (Å²) < 4.78 is 39.6. The number of rotatable bonds is 3. The van der Waals surface area contributed by atoms with Crippen LogP contribution in [0.5, 0.6) is 0 Å². The SMILES string of the molecule is CC1NCCCC1NS(=O)(=O)c1ccc(F)cc1.Cl. The molecule has 7 heteroatoms. The summed E-state index contributed by atoms with van der Waals surface area (Å²) in [5, 5.41) is 3.23. The predicted molar refractivity (Wildman–Crippen MR) is 74.5 cm³/mol. The van der Waals surface area contributed by atoms with E-state index in [1.807, 2.05) is 6.92 Å². The van der Waals surface area contributed by atoms with Gasteiger partial charge in [0.25, 0.3) is 0 Å². The van der Waals surface area contributed by atoms with Crippen molar-refractivity contribution in [2.24, 2.45) is 0 Å². The summed E-state index contributed by atoms with van der Waals surface area (Å²) in [6, 6.07) is 4.84. The van der Waals surface area contributed by atoms with Crippen molar-refractivity contribution in [2.45, 2.75) is 36.7 Å². The zero-order chi connectivity index (χ0) is 13.2. The molecule has 0 aromatic heterocycles. The van der Waals surface area contributed by atoms with Crippen LogP contribution in [0.3, 0.4) is 0 Å². The maximum absolute atomic E-state index is 12.8. The van der Waals surface area contributed by atoms with Gasteiger partial charge in [0.1, 0.15) is 5.82 Å². The molecule has 1 aliphatic rings. The lowest BCUT2D eigenvalue weighted by Gasteiger charge is -2.30. The normalized spacial score (nSPS) is 23.7. The second-order valence-electron chi connectivity index (χ2n) is 4.57. The van der Waals surface area contributed by atoms with Crippen molar-refractivity contribution in [1.82, 2.24) is 10.0 Å². The topological polar surface area (TPSA) is 58.2 Å². The molecule has 0 spiro atoms. The van der Waals surface area contributed by atoms with E-state index >= 15 is 0 Å². The first-order valence-electron chi connectivity index (χ1n) is 6.00. The van der Waals surface area contributed by atoms with Gasteiger partial charge in [-0.1, -0.05) is 0 Å². The molecule has 19 heavy (non-hydrogen) atoms. The van der Waals surface area contributed by atoms with Crippen LogP contribution in [0.15, 0.2) is 29.2 Å². The minimum Gasteiger partial charge on any atom is -0.313 e. The van der Waals surface area contributed by atoms with Crippen LogP contribution in [-0.4, -0.2) is 27.0 Å². The van der Waals surface area contributed by atoms with E-state index in [0.717, 1.165) is 31.5 Å². The van der Waals surface area contributed by atoms with Gasteiger partial charge >= 0.3 is 0 Å². The van der Waals surface area contributed by atoms with E-state index in [1.54, 1.807) is 0 Å². The molecule has 0 bridgehead atoms. The first kappa shape index (κ1) is 16.4. The average Bonchev–Trinajstić information content (AvgIpc) is 2.32. The van der Waals surface area contributed by atoms with Crippen LogP contribution in [0.25, 0.3) is 0 Å². The summed E-state index contributed by atoms with van der Waals surface area (Å²) >= 11 is 0. The highest BCUT2D eigenvalue weighted by molar-refractivity contribution is 7.89. The minimum absolute atomic E-state index is 0. The summed E-state index contributed by atoms with van der Waals surface area (Å²) in [7, 11) is -3.57. The molecule has 0 aliphatic carbocycles. The largest absolute Gasteiger partial charge is 0.313 e. The van der Waals surface area contributed by atoms with Gasteiger partial charge in [-0.15, -0.1) is 12.4 Å². The van der Waals surface area contributed by atoms with Crippen LogP contribution in [0.1, 0.15) is 19.8 Å². The number of hydrogen-bond donors (Lipinski definition) is 2. The highest BCUT2D eigenvalue weighted by Crippen LogP contribution is 2.14. The average molecular weight is 309 g/mol. The highest BCUT2D eigenvalue weighted by atomic mass is 35.5. The first-order chi connectivity index (χ1) is 8.49. The van der Waals surface area contributed by atoms with E-state index in [-0.39, 0.29) is 29.4 Å². The Kier molecular flexibility index (Phi) is 5.73. The molecule has 0 amide bonds. The van der Waals surface area contributed by atoms with Gasteiger partial charge in [-0.25, -0.2) is 17.5 Å². The summed E-state index contributed by atoms with van der Waals surface area (Å²) in [5.74, 6) is -0.443. The van der Waals surface area contributed by atoms with Gasteiger partial charge in [0.2, 0.25) is 10.0 Å². The fourth-order valence-corrected chi connectivity index (χ4v) is 3.44. The Labute approximate surface area is 119 Å². The maximum atomic E-state index is 12.8. The van der Waals surface area contributed by atoms with Crippen molar-refractivity contribution in [3.63, 3.8) is 0 Å². The number of nitrogens with one attached hydrogen (secondary N) is 2. The molecule has 2 N–H and O–H groups in total. The Morgan fingerprint density at radius 2 is 1.95 bits per heavy atom. The smallest absolute Gasteiger partial charge is 0.240 e. The Morgan fingerprint density at radius 1 is 1.32 bits per heavy atom. The third kappa shape index (κ3) is 4.14. The van der Waals surface area contributed by atoms with Gasteiger partial charge in [-0.05, 0) is 50.6 Å². The van der Waals surface area contributed by atoms with Crippen LogP contribution in [0.4, 0.5) is 4.39 Å². The molecule has 2 rings (SSSR count). The maximum Gasteiger partial charge on any atom is 0.240 e. The number of sulfonamides is 1. The Hall–Kier alpha value is -0.690. The van der Waals surface area contributed by atoms with Crippen LogP contribution in [0.2, 0.25) is 0 Å². The molecular formula is C12H18ClFN2O2S. The molecule has 1 aromatic carbocycles. The quantitative estimate of drug-likeness (QED) is 0.893. The fourth-order valence-electron chi connectivity index (χ4n) is 2.09.